The van der Waals surface area contributed by atoms with Gasteiger partial charge in [0.05, 0.1) is 19.8 Å². The minimum absolute atomic E-state index is 0.0530. The molecule has 2 aromatic rings. The van der Waals surface area contributed by atoms with Gasteiger partial charge in [0.1, 0.15) is 30.0 Å². The molecule has 1 aliphatic rings. The van der Waals surface area contributed by atoms with Crippen molar-refractivity contribution >= 4 is 19.6 Å². The summed E-state index contributed by atoms with van der Waals surface area (Å²) in [6, 6.07) is 12.0. The molecule has 6 N–H and O–H groups in total. The number of nitrogens with two attached hydrogens (primary N) is 1. The highest BCUT2D eigenvalue weighted by atomic mass is 31.2. The first-order valence-electron chi connectivity index (χ1n) is 12.2. The summed E-state index contributed by atoms with van der Waals surface area (Å²) in [5.41, 5.74) is 7.27. The average molecular weight is 535 g/mol. The van der Waals surface area contributed by atoms with Gasteiger partial charge >= 0.3 is 7.82 Å². The average Bonchev–Trinajstić information content (AvgIpc) is 2.88. The number of carbonyl (C=O) groups is 1. The fourth-order valence-electron chi connectivity index (χ4n) is 3.75. The molecular formula is C25H35N4O7P. The second kappa shape index (κ2) is 14.1. The summed E-state index contributed by atoms with van der Waals surface area (Å²) in [5.74, 6) is 0.823. The summed E-state index contributed by atoms with van der Waals surface area (Å²) in [7, 11) is -4.10. The van der Waals surface area contributed by atoms with Crippen molar-refractivity contribution in [2.45, 2.75) is 32.3 Å². The first-order valence-corrected chi connectivity index (χ1v) is 13.7. The lowest BCUT2D eigenvalue weighted by atomic mass is 10.1. The molecule has 1 unspecified atom stereocenters. The molecular weight excluding hydrogens is 499 g/mol. The predicted octanol–water partition coefficient (Wildman–Crippen LogP) is 2.61. The predicted molar refractivity (Wildman–Crippen MR) is 139 cm³/mol. The Morgan fingerprint density at radius 1 is 1.14 bits per heavy atom. The molecule has 0 saturated carbocycles. The molecule has 2 aromatic carbocycles. The normalized spacial score (nSPS) is 15.5. The smallest absolute Gasteiger partial charge is 0.472 e. The van der Waals surface area contributed by atoms with E-state index in [0.717, 1.165) is 31.7 Å². The molecule has 0 spiro atoms. The van der Waals surface area contributed by atoms with Crippen LogP contribution in [0.4, 0.5) is 0 Å². The van der Waals surface area contributed by atoms with Gasteiger partial charge < -0.3 is 30.7 Å². The Hall–Kier alpha value is -2.95. The molecule has 1 fully saturated rings. The number of rotatable bonds is 14. The number of phosphoric ester groups is 1. The van der Waals surface area contributed by atoms with Crippen molar-refractivity contribution in [1.29, 1.82) is 5.41 Å². The van der Waals surface area contributed by atoms with Crippen molar-refractivity contribution in [1.82, 2.24) is 10.6 Å². The Morgan fingerprint density at radius 3 is 2.51 bits per heavy atom. The van der Waals surface area contributed by atoms with Crippen LogP contribution in [0.2, 0.25) is 0 Å². The number of nitrogens with one attached hydrogen (secondary N) is 3. The van der Waals surface area contributed by atoms with Crippen LogP contribution in [0.3, 0.4) is 0 Å². The minimum atomic E-state index is -4.10. The van der Waals surface area contributed by atoms with Gasteiger partial charge in [0.25, 0.3) is 5.91 Å². The van der Waals surface area contributed by atoms with E-state index in [1.54, 1.807) is 49.4 Å². The van der Waals surface area contributed by atoms with Gasteiger partial charge in [0.15, 0.2) is 0 Å². The molecule has 0 aliphatic carbocycles. The molecule has 1 heterocycles. The third-order valence-corrected chi connectivity index (χ3v) is 6.74. The summed E-state index contributed by atoms with van der Waals surface area (Å²) in [5, 5.41) is 13.8. The topological polar surface area (TPSA) is 165 Å². The van der Waals surface area contributed by atoms with Crippen LogP contribution in [0.15, 0.2) is 42.5 Å². The highest BCUT2D eigenvalue weighted by Crippen LogP contribution is 2.43. The van der Waals surface area contributed by atoms with Crippen LogP contribution in [-0.4, -0.2) is 62.2 Å². The lowest BCUT2D eigenvalue weighted by Crippen LogP contribution is -2.34. The molecule has 0 aromatic heterocycles. The lowest BCUT2D eigenvalue weighted by Gasteiger charge is -2.23. The van der Waals surface area contributed by atoms with Crippen molar-refractivity contribution in [2.24, 2.45) is 5.73 Å². The summed E-state index contributed by atoms with van der Waals surface area (Å²) in [6.07, 6.45) is 2.38. The van der Waals surface area contributed by atoms with Gasteiger partial charge in [-0.25, -0.2) is 4.57 Å². The molecule has 0 radical (unpaired) electrons. The summed E-state index contributed by atoms with van der Waals surface area (Å²) < 4.78 is 33.2. The van der Waals surface area contributed by atoms with E-state index in [-0.39, 0.29) is 50.6 Å². The van der Waals surface area contributed by atoms with Crippen LogP contribution in [0.5, 0.6) is 11.5 Å². The molecule has 11 nitrogen and oxygen atoms in total. The van der Waals surface area contributed by atoms with E-state index in [0.29, 0.717) is 22.4 Å². The number of benzene rings is 2. The van der Waals surface area contributed by atoms with E-state index in [2.05, 4.69) is 10.6 Å². The molecule has 1 aliphatic heterocycles. The molecule has 202 valence electrons. The van der Waals surface area contributed by atoms with E-state index in [9.17, 15) is 14.3 Å². The van der Waals surface area contributed by atoms with Gasteiger partial charge in [-0.05, 0) is 68.8 Å². The molecule has 1 atom stereocenters. The number of nitrogen functional groups attached to an aromatic ring is 1. The Labute approximate surface area is 216 Å². The van der Waals surface area contributed by atoms with Gasteiger partial charge in [0, 0.05) is 17.5 Å². The molecule has 3 rings (SSSR count). The van der Waals surface area contributed by atoms with E-state index >= 15 is 0 Å². The van der Waals surface area contributed by atoms with Gasteiger partial charge in [-0.2, -0.15) is 0 Å². The van der Waals surface area contributed by atoms with Crippen molar-refractivity contribution in [2.75, 3.05) is 39.5 Å². The maximum Gasteiger partial charge on any atom is 0.472 e. The minimum Gasteiger partial charge on any atom is -0.491 e. The fourth-order valence-corrected chi connectivity index (χ4v) is 4.48. The standard InChI is InChI=1S/C25H35N4O7P/c1-2-34-37(31,32)35-15-11-18-3-4-20(24(26)27)17-23(18)33-16-14-29-25(30)19-5-7-21(8-6-19)36-22-9-12-28-13-10-22/h3-8,17,22,28H,2,9-16H2,1H3,(H3,26,27)(H,29,30)(H,31,32). The van der Waals surface area contributed by atoms with Gasteiger partial charge in [-0.1, -0.05) is 12.1 Å². The number of amides is 1. The number of amidine groups is 1. The quantitative estimate of drug-likeness (QED) is 0.106. The highest BCUT2D eigenvalue weighted by molar-refractivity contribution is 7.47. The van der Waals surface area contributed by atoms with Gasteiger partial charge in [-0.3, -0.25) is 19.3 Å². The van der Waals surface area contributed by atoms with Crippen LogP contribution >= 0.6 is 7.82 Å². The third kappa shape index (κ3) is 9.46. The Balaban J connectivity index is 1.49. The number of carbonyl (C=O) groups excluding carboxylic acids is 1. The molecule has 37 heavy (non-hydrogen) atoms. The number of hydrogen-bond acceptors (Lipinski definition) is 8. The Morgan fingerprint density at radius 2 is 1.84 bits per heavy atom. The summed E-state index contributed by atoms with van der Waals surface area (Å²) in [4.78, 5) is 22.1. The number of phosphoric acid groups is 1. The van der Waals surface area contributed by atoms with Crippen LogP contribution in [0.1, 0.15) is 41.3 Å². The summed E-state index contributed by atoms with van der Waals surface area (Å²) >= 11 is 0. The van der Waals surface area contributed by atoms with Gasteiger partial charge in [0.2, 0.25) is 0 Å². The lowest BCUT2D eigenvalue weighted by molar-refractivity contribution is 0.0946. The van der Waals surface area contributed by atoms with Crippen molar-refractivity contribution in [3.63, 3.8) is 0 Å². The largest absolute Gasteiger partial charge is 0.491 e. The zero-order valence-electron chi connectivity index (χ0n) is 20.9. The first kappa shape index (κ1) is 28.6. The van der Waals surface area contributed by atoms with E-state index in [1.807, 2.05) is 0 Å². The number of ether oxygens (including phenoxy) is 2. The molecule has 1 saturated heterocycles. The Bertz CT molecular complexity index is 1090. The van der Waals surface area contributed by atoms with Crippen molar-refractivity contribution in [3.8, 4) is 11.5 Å². The molecule has 12 heteroatoms. The first-order chi connectivity index (χ1) is 17.8. The van der Waals surface area contributed by atoms with Crippen molar-refractivity contribution in [3.05, 3.63) is 59.2 Å². The maximum absolute atomic E-state index is 12.5. The SMILES string of the molecule is CCOP(=O)(O)OCCc1ccc(C(=N)N)cc1OCCNC(=O)c1ccc(OC2CCNCC2)cc1. The zero-order valence-corrected chi connectivity index (χ0v) is 21.8. The maximum atomic E-state index is 12.5. The molecule has 0 bridgehead atoms. The second-order valence-corrected chi connectivity index (χ2v) is 9.86. The Kier molecular flexibility index (Phi) is 10.9. The van der Waals surface area contributed by atoms with E-state index in [4.69, 9.17) is 29.7 Å². The second-order valence-electron chi connectivity index (χ2n) is 8.40. The number of hydrogen-bond donors (Lipinski definition) is 5. The van der Waals surface area contributed by atoms with Crippen LogP contribution in [0, 0.1) is 5.41 Å². The summed E-state index contributed by atoms with van der Waals surface area (Å²) in [6.45, 7) is 3.87. The van der Waals surface area contributed by atoms with Crippen LogP contribution < -0.4 is 25.8 Å². The number of piperidine rings is 1. The molecule has 1 amide bonds. The fraction of sp³-hybridized carbons (Fsp3) is 0.440. The van der Waals surface area contributed by atoms with Crippen LogP contribution in [-0.2, 0) is 20.0 Å². The van der Waals surface area contributed by atoms with Crippen LogP contribution in [0.25, 0.3) is 0 Å². The van der Waals surface area contributed by atoms with E-state index in [1.165, 1.54) is 0 Å². The van der Waals surface area contributed by atoms with Crippen molar-refractivity contribution < 1.29 is 32.8 Å². The third-order valence-electron chi connectivity index (χ3n) is 5.65. The van der Waals surface area contributed by atoms with Gasteiger partial charge in [-0.15, -0.1) is 0 Å². The monoisotopic (exact) mass is 534 g/mol. The van der Waals surface area contributed by atoms with E-state index < -0.39 is 7.82 Å². The zero-order chi connectivity index (χ0) is 26.7. The highest BCUT2D eigenvalue weighted by Gasteiger charge is 2.20.